The molecule has 1 aliphatic heterocycles. The van der Waals surface area contributed by atoms with Gasteiger partial charge in [0.05, 0.1) is 11.9 Å². The lowest BCUT2D eigenvalue weighted by Gasteiger charge is -2.21. The van der Waals surface area contributed by atoms with Crippen LogP contribution in [0.1, 0.15) is 24.7 Å². The van der Waals surface area contributed by atoms with Crippen molar-refractivity contribution in [3.8, 4) is 0 Å². The second kappa shape index (κ2) is 4.35. The summed E-state index contributed by atoms with van der Waals surface area (Å²) in [4.78, 5) is 0. The Hall–Kier alpha value is -0.490. The summed E-state index contributed by atoms with van der Waals surface area (Å²) in [6.45, 7) is 0. The Morgan fingerprint density at radius 1 is 1.50 bits per heavy atom. The van der Waals surface area contributed by atoms with Gasteiger partial charge in [0.15, 0.2) is 5.82 Å². The summed E-state index contributed by atoms with van der Waals surface area (Å²) in [7, 11) is -0.646. The van der Waals surface area contributed by atoms with E-state index in [1.807, 2.05) is 0 Å². The molecule has 0 saturated carbocycles. The predicted octanol–water partition coefficient (Wildman–Crippen LogP) is 0.495. The van der Waals surface area contributed by atoms with Crippen molar-refractivity contribution in [3.05, 3.63) is 5.82 Å². The molecule has 1 aromatic heterocycles. The SMILES string of the molecule is O=S1CCC(n2nnnc2CCl)CC1. The van der Waals surface area contributed by atoms with E-state index < -0.39 is 10.8 Å². The molecule has 0 radical (unpaired) electrons. The summed E-state index contributed by atoms with van der Waals surface area (Å²) < 4.78 is 12.9. The van der Waals surface area contributed by atoms with Crippen molar-refractivity contribution in [3.63, 3.8) is 0 Å². The number of tetrazole rings is 1. The van der Waals surface area contributed by atoms with E-state index in [2.05, 4.69) is 15.5 Å². The first-order chi connectivity index (χ1) is 6.81. The number of rotatable bonds is 2. The molecule has 1 aliphatic rings. The third-order valence-corrected chi connectivity index (χ3v) is 4.00. The first kappa shape index (κ1) is 10.0. The van der Waals surface area contributed by atoms with Gasteiger partial charge in [-0.05, 0) is 23.3 Å². The number of hydrogen-bond acceptors (Lipinski definition) is 4. The maximum Gasteiger partial charge on any atom is 0.166 e. The molecule has 5 nitrogen and oxygen atoms in total. The molecule has 0 amide bonds. The fourth-order valence-corrected chi connectivity index (χ4v) is 3.06. The first-order valence-electron chi connectivity index (χ1n) is 4.49. The van der Waals surface area contributed by atoms with Crippen molar-refractivity contribution in [1.29, 1.82) is 0 Å². The molecule has 0 spiro atoms. The van der Waals surface area contributed by atoms with Crippen LogP contribution in [0.2, 0.25) is 0 Å². The maximum absolute atomic E-state index is 11.2. The van der Waals surface area contributed by atoms with Gasteiger partial charge < -0.3 is 0 Å². The van der Waals surface area contributed by atoms with Gasteiger partial charge in [-0.3, -0.25) is 4.21 Å². The molecule has 14 heavy (non-hydrogen) atoms. The summed E-state index contributed by atoms with van der Waals surface area (Å²) in [5.41, 5.74) is 0. The van der Waals surface area contributed by atoms with Crippen LogP contribution >= 0.6 is 11.6 Å². The summed E-state index contributed by atoms with van der Waals surface area (Å²) in [6, 6.07) is 0.274. The van der Waals surface area contributed by atoms with Crippen LogP contribution in [-0.4, -0.2) is 35.9 Å². The van der Waals surface area contributed by atoms with E-state index in [1.54, 1.807) is 4.68 Å². The summed E-state index contributed by atoms with van der Waals surface area (Å²) >= 11 is 5.70. The minimum absolute atomic E-state index is 0.274. The molecular weight excluding hydrogens is 224 g/mol. The van der Waals surface area contributed by atoms with Gasteiger partial charge in [-0.25, -0.2) is 4.68 Å². The Kier molecular flexibility index (Phi) is 3.12. The Morgan fingerprint density at radius 2 is 2.21 bits per heavy atom. The number of aromatic nitrogens is 4. The second-order valence-corrected chi connectivity index (χ2v) is 5.22. The minimum atomic E-state index is -0.646. The molecular formula is C7H11ClN4OS. The lowest BCUT2D eigenvalue weighted by atomic mass is 10.1. The van der Waals surface area contributed by atoms with Gasteiger partial charge in [0, 0.05) is 22.3 Å². The zero-order valence-electron chi connectivity index (χ0n) is 7.60. The van der Waals surface area contributed by atoms with Gasteiger partial charge in [0.2, 0.25) is 0 Å². The summed E-state index contributed by atoms with van der Waals surface area (Å²) in [6.07, 6.45) is 1.75. The van der Waals surface area contributed by atoms with Gasteiger partial charge in [-0.15, -0.1) is 16.7 Å². The molecule has 0 atom stereocenters. The monoisotopic (exact) mass is 234 g/mol. The molecule has 7 heteroatoms. The van der Waals surface area contributed by atoms with E-state index in [9.17, 15) is 4.21 Å². The summed E-state index contributed by atoms with van der Waals surface area (Å²) in [5.74, 6) is 2.51. The van der Waals surface area contributed by atoms with E-state index in [0.717, 1.165) is 24.3 Å². The van der Waals surface area contributed by atoms with E-state index in [0.29, 0.717) is 11.7 Å². The summed E-state index contributed by atoms with van der Waals surface area (Å²) in [5, 5.41) is 11.3. The van der Waals surface area contributed by atoms with Crippen molar-refractivity contribution in [1.82, 2.24) is 20.2 Å². The van der Waals surface area contributed by atoms with Crippen molar-refractivity contribution in [2.75, 3.05) is 11.5 Å². The average molecular weight is 235 g/mol. The van der Waals surface area contributed by atoms with Gasteiger partial charge >= 0.3 is 0 Å². The molecule has 2 heterocycles. The predicted molar refractivity (Wildman–Crippen MR) is 53.5 cm³/mol. The van der Waals surface area contributed by atoms with Crippen LogP contribution in [0.15, 0.2) is 0 Å². The van der Waals surface area contributed by atoms with Crippen LogP contribution in [0.25, 0.3) is 0 Å². The molecule has 78 valence electrons. The maximum atomic E-state index is 11.2. The number of hydrogen-bond donors (Lipinski definition) is 0. The molecule has 0 unspecified atom stereocenters. The standard InChI is InChI=1S/C7H11ClN4OS/c8-5-7-9-10-11-12(7)6-1-3-14(13)4-2-6/h6H,1-5H2. The Morgan fingerprint density at radius 3 is 2.86 bits per heavy atom. The largest absolute Gasteiger partial charge is 0.260 e. The molecule has 0 aromatic carbocycles. The number of nitrogens with zero attached hydrogens (tertiary/aromatic N) is 4. The first-order valence-corrected chi connectivity index (χ1v) is 6.51. The molecule has 0 bridgehead atoms. The fourth-order valence-electron chi connectivity index (χ4n) is 1.61. The topological polar surface area (TPSA) is 60.7 Å². The van der Waals surface area contributed by atoms with E-state index in [4.69, 9.17) is 11.6 Å². The normalized spacial score (nSPS) is 27.8. The highest BCUT2D eigenvalue weighted by atomic mass is 35.5. The van der Waals surface area contributed by atoms with Crippen LogP contribution < -0.4 is 0 Å². The molecule has 1 aromatic rings. The van der Waals surface area contributed by atoms with Gasteiger partial charge in [-0.1, -0.05) is 0 Å². The smallest absolute Gasteiger partial charge is 0.166 e. The molecule has 1 saturated heterocycles. The van der Waals surface area contributed by atoms with Crippen molar-refractivity contribution in [2.45, 2.75) is 24.8 Å². The Bertz CT molecular complexity index is 332. The van der Waals surface area contributed by atoms with Crippen LogP contribution in [0.5, 0.6) is 0 Å². The van der Waals surface area contributed by atoms with Crippen LogP contribution in [0, 0.1) is 0 Å². The van der Waals surface area contributed by atoms with Gasteiger partial charge in [0.1, 0.15) is 0 Å². The fraction of sp³-hybridized carbons (Fsp3) is 0.857. The molecule has 1 fully saturated rings. The third kappa shape index (κ3) is 1.95. The molecule has 0 N–H and O–H groups in total. The Balaban J connectivity index is 2.11. The Labute approximate surface area is 89.3 Å². The quantitative estimate of drug-likeness (QED) is 0.699. The number of alkyl halides is 1. The van der Waals surface area contributed by atoms with Crippen molar-refractivity contribution < 1.29 is 4.21 Å². The highest BCUT2D eigenvalue weighted by Crippen LogP contribution is 2.22. The molecule has 0 aliphatic carbocycles. The van der Waals surface area contributed by atoms with Gasteiger partial charge in [-0.2, -0.15) is 0 Å². The van der Waals surface area contributed by atoms with E-state index in [-0.39, 0.29) is 6.04 Å². The lowest BCUT2D eigenvalue weighted by Crippen LogP contribution is -2.23. The lowest BCUT2D eigenvalue weighted by molar-refractivity contribution is 0.403. The van der Waals surface area contributed by atoms with E-state index in [1.165, 1.54) is 0 Å². The minimum Gasteiger partial charge on any atom is -0.260 e. The third-order valence-electron chi connectivity index (χ3n) is 2.38. The van der Waals surface area contributed by atoms with Crippen LogP contribution in [0.3, 0.4) is 0 Å². The number of halogens is 1. The zero-order chi connectivity index (χ0) is 9.97. The van der Waals surface area contributed by atoms with Crippen molar-refractivity contribution >= 4 is 22.4 Å². The highest BCUT2D eigenvalue weighted by Gasteiger charge is 2.22. The second-order valence-electron chi connectivity index (χ2n) is 3.25. The van der Waals surface area contributed by atoms with Gasteiger partial charge in [0.25, 0.3) is 0 Å². The molecule has 2 rings (SSSR count). The van der Waals surface area contributed by atoms with E-state index >= 15 is 0 Å². The van der Waals surface area contributed by atoms with Crippen LogP contribution in [0.4, 0.5) is 0 Å². The van der Waals surface area contributed by atoms with Crippen LogP contribution in [-0.2, 0) is 16.7 Å². The highest BCUT2D eigenvalue weighted by molar-refractivity contribution is 7.85. The zero-order valence-corrected chi connectivity index (χ0v) is 9.17. The average Bonchev–Trinajstić information content (AvgIpc) is 2.67. The van der Waals surface area contributed by atoms with Crippen molar-refractivity contribution in [2.24, 2.45) is 0 Å².